The summed E-state index contributed by atoms with van der Waals surface area (Å²) in [4.78, 5) is 43.6. The van der Waals surface area contributed by atoms with E-state index in [0.29, 0.717) is 48.0 Å². The molecule has 0 saturated heterocycles. The van der Waals surface area contributed by atoms with Crippen LogP contribution in [0.5, 0.6) is 0 Å². The Morgan fingerprint density at radius 1 is 1.00 bits per heavy atom. The van der Waals surface area contributed by atoms with E-state index in [1.807, 2.05) is 36.4 Å². The summed E-state index contributed by atoms with van der Waals surface area (Å²) in [5, 5.41) is 0.968. The van der Waals surface area contributed by atoms with Crippen LogP contribution in [0.2, 0.25) is 0 Å². The molecule has 4 heterocycles. The number of hydrogen-bond donors (Lipinski definition) is 1. The van der Waals surface area contributed by atoms with Crippen LogP contribution in [-0.2, 0) is 6.42 Å². The lowest BCUT2D eigenvalue weighted by Crippen LogP contribution is -2.39. The van der Waals surface area contributed by atoms with Crippen molar-refractivity contribution in [3.05, 3.63) is 82.4 Å². The first kappa shape index (κ1) is 19.7. The number of pyridine rings is 2. The van der Waals surface area contributed by atoms with Gasteiger partial charge in [-0.25, -0.2) is 9.97 Å². The predicted molar refractivity (Wildman–Crippen MR) is 117 cm³/mol. The van der Waals surface area contributed by atoms with Crippen LogP contribution in [0.15, 0.2) is 65.6 Å². The molecule has 7 nitrogen and oxygen atoms in total. The van der Waals surface area contributed by atoms with Crippen LogP contribution in [0, 0.1) is 0 Å². The minimum Gasteiger partial charge on any atom is -0.305 e. The van der Waals surface area contributed by atoms with Gasteiger partial charge in [-0.15, -0.1) is 12.4 Å². The summed E-state index contributed by atoms with van der Waals surface area (Å²) < 4.78 is 0. The molecule has 1 aromatic carbocycles. The number of nitrogens with zero attached hydrogens (tertiary/aromatic N) is 4. The van der Waals surface area contributed by atoms with Crippen LogP contribution in [0.25, 0.3) is 22.4 Å². The third kappa shape index (κ3) is 3.44. The normalized spacial score (nSPS) is 12.9. The van der Waals surface area contributed by atoms with Gasteiger partial charge in [-0.05, 0) is 37.1 Å². The molecule has 1 aliphatic rings. The molecule has 0 atom stereocenters. The largest absolute Gasteiger partial charge is 0.305 e. The summed E-state index contributed by atoms with van der Waals surface area (Å²) in [6, 6.07) is 16.6. The first-order valence-electron chi connectivity index (χ1n) is 9.43. The van der Waals surface area contributed by atoms with Crippen molar-refractivity contribution < 1.29 is 4.79 Å². The fourth-order valence-electron chi connectivity index (χ4n) is 3.60. The molecule has 1 aliphatic heterocycles. The number of H-pyrrole nitrogens is 1. The highest BCUT2D eigenvalue weighted by atomic mass is 35.5. The molecule has 0 fully saturated rings. The van der Waals surface area contributed by atoms with Crippen molar-refractivity contribution in [1.29, 1.82) is 0 Å². The number of aromatic nitrogens is 4. The molecule has 3 aromatic heterocycles. The van der Waals surface area contributed by atoms with E-state index in [9.17, 15) is 9.59 Å². The minimum absolute atomic E-state index is 0. The zero-order chi connectivity index (χ0) is 19.8. The molecule has 0 spiro atoms. The second-order valence-electron chi connectivity index (χ2n) is 6.88. The van der Waals surface area contributed by atoms with Gasteiger partial charge < -0.3 is 4.98 Å². The number of halogens is 1. The predicted octanol–water partition coefficient (Wildman–Crippen LogP) is 3.39. The Morgan fingerprint density at radius 3 is 2.67 bits per heavy atom. The van der Waals surface area contributed by atoms with Gasteiger partial charge in [-0.2, -0.15) is 0 Å². The zero-order valence-corrected chi connectivity index (χ0v) is 16.7. The summed E-state index contributed by atoms with van der Waals surface area (Å²) in [5.74, 6) is 0.475. The van der Waals surface area contributed by atoms with Crippen LogP contribution in [-0.4, -0.2) is 32.4 Å². The molecule has 30 heavy (non-hydrogen) atoms. The van der Waals surface area contributed by atoms with Gasteiger partial charge in [0.1, 0.15) is 17.2 Å². The number of hydrogen-bond acceptors (Lipinski definition) is 5. The number of benzene rings is 1. The quantitative estimate of drug-likeness (QED) is 0.537. The molecule has 0 bridgehead atoms. The average Bonchev–Trinajstić information content (AvgIpc) is 2.78. The Morgan fingerprint density at radius 2 is 1.83 bits per heavy atom. The van der Waals surface area contributed by atoms with Gasteiger partial charge >= 0.3 is 0 Å². The molecule has 8 heteroatoms. The summed E-state index contributed by atoms with van der Waals surface area (Å²) in [7, 11) is 0. The van der Waals surface area contributed by atoms with Crippen molar-refractivity contribution in [2.75, 3.05) is 11.4 Å². The van der Waals surface area contributed by atoms with Crippen molar-refractivity contribution in [1.82, 2.24) is 19.9 Å². The fraction of sp³-hybridized carbons (Fsp3) is 0.136. The van der Waals surface area contributed by atoms with E-state index in [-0.39, 0.29) is 23.9 Å². The Hall–Kier alpha value is -3.58. The highest BCUT2D eigenvalue weighted by Crippen LogP contribution is 2.26. The molecule has 5 rings (SSSR count). The molecule has 0 unspecified atom stereocenters. The van der Waals surface area contributed by atoms with E-state index in [2.05, 4.69) is 19.9 Å². The van der Waals surface area contributed by atoms with E-state index in [1.54, 1.807) is 29.3 Å². The van der Waals surface area contributed by atoms with Crippen LogP contribution < -0.4 is 10.5 Å². The number of rotatable bonds is 2. The van der Waals surface area contributed by atoms with Gasteiger partial charge in [0.25, 0.3) is 11.5 Å². The van der Waals surface area contributed by atoms with Crippen LogP contribution in [0.3, 0.4) is 0 Å². The lowest BCUT2D eigenvalue weighted by molar-refractivity contribution is 0.0979. The molecule has 150 valence electrons. The fourth-order valence-corrected chi connectivity index (χ4v) is 3.60. The van der Waals surface area contributed by atoms with Crippen LogP contribution in [0.1, 0.15) is 22.5 Å². The highest BCUT2D eigenvalue weighted by molar-refractivity contribution is 6.06. The van der Waals surface area contributed by atoms with Gasteiger partial charge in [0.15, 0.2) is 5.82 Å². The second kappa shape index (κ2) is 8.04. The number of nitrogens with one attached hydrogen (secondary N) is 1. The Labute approximate surface area is 178 Å². The smallest absolute Gasteiger partial charge is 0.278 e. The third-order valence-electron chi connectivity index (χ3n) is 5.03. The Balaban J connectivity index is 0.00000218. The van der Waals surface area contributed by atoms with E-state index in [4.69, 9.17) is 0 Å². The molecule has 1 amide bonds. The zero-order valence-electron chi connectivity index (χ0n) is 15.9. The monoisotopic (exact) mass is 419 g/mol. The lowest BCUT2D eigenvalue weighted by atomic mass is 10.1. The second-order valence-corrected chi connectivity index (χ2v) is 6.88. The first-order chi connectivity index (χ1) is 14.2. The maximum absolute atomic E-state index is 13.3. The summed E-state index contributed by atoms with van der Waals surface area (Å²) in [5.41, 5.74) is 1.92. The van der Waals surface area contributed by atoms with Gasteiger partial charge in [0.05, 0.1) is 11.1 Å². The number of anilines is 1. The van der Waals surface area contributed by atoms with Gasteiger partial charge in [-0.1, -0.05) is 30.3 Å². The third-order valence-corrected chi connectivity index (χ3v) is 5.03. The maximum atomic E-state index is 13.3. The van der Waals surface area contributed by atoms with Gasteiger partial charge in [0, 0.05) is 18.1 Å². The summed E-state index contributed by atoms with van der Waals surface area (Å²) >= 11 is 0. The van der Waals surface area contributed by atoms with Gasteiger partial charge in [0.2, 0.25) is 0 Å². The first-order valence-corrected chi connectivity index (χ1v) is 9.43. The molecule has 0 saturated carbocycles. The maximum Gasteiger partial charge on any atom is 0.278 e. The van der Waals surface area contributed by atoms with E-state index >= 15 is 0 Å². The molecular formula is C22H18ClN5O2. The molecule has 0 aliphatic carbocycles. The molecule has 4 aromatic rings. The SMILES string of the molecule is Cl.O=C(c1ccc2ccccc2n1)N1CCCc2c1nc(-c1ccccn1)[nH]c2=O. The van der Waals surface area contributed by atoms with Crippen LogP contribution >= 0.6 is 12.4 Å². The average molecular weight is 420 g/mol. The van der Waals surface area contributed by atoms with Crippen molar-refractivity contribution in [2.45, 2.75) is 12.8 Å². The standard InChI is InChI=1S/C22H17N5O2.ClH/c28-21-15-7-5-13-27(20(15)25-19(26-21)17-9-3-4-12-23-17)22(29)18-11-10-14-6-1-2-8-16(14)24-18;/h1-4,6,8-12H,5,7,13H2,(H,25,26,28);1H. The topological polar surface area (TPSA) is 91.8 Å². The number of fused-ring (bicyclic) bond motifs is 2. The molecule has 1 N–H and O–H groups in total. The number of carbonyl (C=O) groups excluding carboxylic acids is 1. The van der Waals surface area contributed by atoms with E-state index in [0.717, 1.165) is 10.9 Å². The Bertz CT molecular complexity index is 1290. The van der Waals surface area contributed by atoms with Crippen molar-refractivity contribution in [2.24, 2.45) is 0 Å². The number of para-hydroxylation sites is 1. The highest BCUT2D eigenvalue weighted by Gasteiger charge is 2.28. The van der Waals surface area contributed by atoms with Crippen LogP contribution in [0.4, 0.5) is 5.82 Å². The van der Waals surface area contributed by atoms with E-state index < -0.39 is 0 Å². The number of aromatic amines is 1. The van der Waals surface area contributed by atoms with E-state index in [1.165, 1.54) is 0 Å². The summed E-state index contributed by atoms with van der Waals surface area (Å²) in [6.07, 6.45) is 2.91. The summed E-state index contributed by atoms with van der Waals surface area (Å²) in [6.45, 7) is 0.485. The minimum atomic E-state index is -0.262. The molecule has 0 radical (unpaired) electrons. The van der Waals surface area contributed by atoms with Crippen molar-refractivity contribution in [3.63, 3.8) is 0 Å². The van der Waals surface area contributed by atoms with Crippen molar-refractivity contribution in [3.8, 4) is 11.5 Å². The number of amides is 1. The number of carbonyl (C=O) groups is 1. The Kier molecular flexibility index (Phi) is 5.29. The van der Waals surface area contributed by atoms with Gasteiger partial charge in [-0.3, -0.25) is 19.5 Å². The lowest BCUT2D eigenvalue weighted by Gasteiger charge is -2.27. The van der Waals surface area contributed by atoms with Crippen molar-refractivity contribution >= 4 is 35.0 Å². The molecular weight excluding hydrogens is 402 g/mol.